The van der Waals surface area contributed by atoms with Gasteiger partial charge >= 0.3 is 5.97 Å². The van der Waals surface area contributed by atoms with Gasteiger partial charge in [0, 0.05) is 11.4 Å². The quantitative estimate of drug-likeness (QED) is 0.416. The topological polar surface area (TPSA) is 29.5 Å². The molecule has 2 aliphatic rings. The molecule has 0 aromatic rings. The van der Waals surface area contributed by atoms with Crippen LogP contribution in [0.5, 0.6) is 0 Å². The van der Waals surface area contributed by atoms with Crippen molar-refractivity contribution in [3.05, 3.63) is 0 Å². The van der Waals surface area contributed by atoms with E-state index in [1.54, 1.807) is 0 Å². The third kappa shape index (κ3) is 2.52. The molecule has 2 rings (SSSR count). The first-order valence-corrected chi connectivity index (χ1v) is 6.80. The largest absolute Gasteiger partial charge is 0.469 e. The van der Waals surface area contributed by atoms with Crippen LogP contribution in [-0.4, -0.2) is 45.0 Å². The van der Waals surface area contributed by atoms with Gasteiger partial charge in [0.1, 0.15) is 0 Å². The van der Waals surface area contributed by atoms with E-state index in [0.717, 1.165) is 32.4 Å². The molecule has 94 valence electrons. The number of esters is 1. The first kappa shape index (κ1) is 12.9. The van der Waals surface area contributed by atoms with Crippen molar-refractivity contribution in [2.45, 2.75) is 56.3 Å². The molecule has 0 amide bonds. The monoisotopic (exact) mass is 235 g/mol. The Morgan fingerprint density at radius 1 is 1.24 bits per heavy atom. The van der Waals surface area contributed by atoms with Crippen molar-refractivity contribution in [3.63, 3.8) is 0 Å². The van der Waals surface area contributed by atoms with Gasteiger partial charge < -0.3 is 9.64 Å². The maximum Gasteiger partial charge on any atom is 0.304 e. The van der Waals surface area contributed by atoms with Crippen LogP contribution < -0.4 is 0 Å². The van der Waals surface area contributed by atoms with Gasteiger partial charge in [0.2, 0.25) is 0 Å². The Hall–Kier alpha value is -0.505. The maximum atomic E-state index is 12.0. The molecular formula is C13H22BNO2. The molecule has 0 bridgehead atoms. The van der Waals surface area contributed by atoms with Crippen molar-refractivity contribution < 1.29 is 9.53 Å². The van der Waals surface area contributed by atoms with Gasteiger partial charge in [-0.25, -0.2) is 0 Å². The number of nitrogens with zero attached hydrogens (tertiary/aromatic N) is 1. The smallest absolute Gasteiger partial charge is 0.304 e. The third-order valence-electron chi connectivity index (χ3n) is 4.31. The normalized spacial score (nSPS) is 35.5. The van der Waals surface area contributed by atoms with Crippen LogP contribution >= 0.6 is 0 Å². The molecule has 2 fully saturated rings. The van der Waals surface area contributed by atoms with Crippen LogP contribution in [0.3, 0.4) is 0 Å². The summed E-state index contributed by atoms with van der Waals surface area (Å²) in [6.45, 7) is 2.17. The van der Waals surface area contributed by atoms with Crippen molar-refractivity contribution in [3.8, 4) is 0 Å². The SMILES string of the molecule is [B][C@@]1(C(=O)OC)CCCCC[C@@H]1N1CCCC1. The van der Waals surface area contributed by atoms with Gasteiger partial charge in [-0.2, -0.15) is 0 Å². The molecule has 1 saturated heterocycles. The molecule has 0 spiro atoms. The van der Waals surface area contributed by atoms with Crippen molar-refractivity contribution in [1.29, 1.82) is 0 Å². The third-order valence-corrected chi connectivity index (χ3v) is 4.31. The molecule has 2 atom stereocenters. The lowest BCUT2D eigenvalue weighted by Crippen LogP contribution is -2.47. The second-order valence-electron chi connectivity index (χ2n) is 5.39. The van der Waals surface area contributed by atoms with Crippen LogP contribution in [0.1, 0.15) is 44.9 Å². The van der Waals surface area contributed by atoms with Gasteiger partial charge in [0.05, 0.1) is 15.0 Å². The summed E-state index contributed by atoms with van der Waals surface area (Å²) in [5, 5.41) is -0.782. The maximum absolute atomic E-state index is 12.0. The molecule has 1 aliphatic carbocycles. The molecular weight excluding hydrogens is 213 g/mol. The molecule has 0 aromatic heterocycles. The van der Waals surface area contributed by atoms with E-state index >= 15 is 0 Å². The average Bonchev–Trinajstić information content (AvgIpc) is 2.78. The molecule has 1 saturated carbocycles. The number of carbonyl (C=O) groups excluding carboxylic acids is 1. The van der Waals surface area contributed by atoms with E-state index in [0.29, 0.717) is 0 Å². The Balaban J connectivity index is 2.19. The van der Waals surface area contributed by atoms with Gasteiger partial charge in [0.25, 0.3) is 0 Å². The van der Waals surface area contributed by atoms with Crippen molar-refractivity contribution >= 4 is 13.8 Å². The van der Waals surface area contributed by atoms with Crippen LogP contribution in [-0.2, 0) is 9.53 Å². The predicted molar refractivity (Wildman–Crippen MR) is 68.1 cm³/mol. The summed E-state index contributed by atoms with van der Waals surface area (Å²) < 4.78 is 4.95. The van der Waals surface area contributed by atoms with E-state index in [9.17, 15) is 4.79 Å². The molecule has 0 N–H and O–H groups in total. The van der Waals surface area contributed by atoms with E-state index in [1.807, 2.05) is 0 Å². The minimum absolute atomic E-state index is 0.181. The Bertz CT molecular complexity index is 279. The fourth-order valence-electron chi connectivity index (χ4n) is 3.35. The Kier molecular flexibility index (Phi) is 4.13. The summed E-state index contributed by atoms with van der Waals surface area (Å²) in [5.41, 5.74) is 0. The van der Waals surface area contributed by atoms with Crippen LogP contribution in [0.2, 0.25) is 5.31 Å². The summed E-state index contributed by atoms with van der Waals surface area (Å²) in [6.07, 6.45) is 7.65. The molecule has 17 heavy (non-hydrogen) atoms. The first-order chi connectivity index (χ1) is 8.18. The van der Waals surface area contributed by atoms with E-state index in [1.165, 1.54) is 32.8 Å². The zero-order chi connectivity index (χ0) is 12.3. The van der Waals surface area contributed by atoms with Crippen LogP contribution in [0.25, 0.3) is 0 Å². The highest BCUT2D eigenvalue weighted by Gasteiger charge is 2.45. The highest BCUT2D eigenvalue weighted by atomic mass is 16.5. The first-order valence-electron chi connectivity index (χ1n) is 6.80. The number of carbonyl (C=O) groups is 1. The summed E-state index contributed by atoms with van der Waals surface area (Å²) in [5.74, 6) is -0.226. The van der Waals surface area contributed by atoms with Gasteiger partial charge in [-0.05, 0) is 38.8 Å². The number of ether oxygens (including phenoxy) is 1. The summed E-state index contributed by atoms with van der Waals surface area (Å²) >= 11 is 0. The highest BCUT2D eigenvalue weighted by Crippen LogP contribution is 2.43. The number of hydrogen-bond donors (Lipinski definition) is 0. The zero-order valence-electron chi connectivity index (χ0n) is 10.8. The predicted octanol–water partition coefficient (Wildman–Crippen LogP) is 1.92. The van der Waals surface area contributed by atoms with Gasteiger partial charge in [-0.15, -0.1) is 0 Å². The van der Waals surface area contributed by atoms with Crippen molar-refractivity contribution in [1.82, 2.24) is 4.90 Å². The van der Waals surface area contributed by atoms with Crippen molar-refractivity contribution in [2.75, 3.05) is 20.2 Å². The fourth-order valence-corrected chi connectivity index (χ4v) is 3.35. The fraction of sp³-hybridized carbons (Fsp3) is 0.923. The zero-order valence-corrected chi connectivity index (χ0v) is 10.8. The second kappa shape index (κ2) is 5.43. The molecule has 0 aromatic carbocycles. The molecule has 0 unspecified atom stereocenters. The minimum Gasteiger partial charge on any atom is -0.469 e. The minimum atomic E-state index is -0.782. The molecule has 1 aliphatic heterocycles. The van der Waals surface area contributed by atoms with Crippen LogP contribution in [0, 0.1) is 0 Å². The molecule has 2 radical (unpaired) electrons. The highest BCUT2D eigenvalue weighted by molar-refractivity contribution is 6.27. The van der Waals surface area contributed by atoms with E-state index in [4.69, 9.17) is 12.6 Å². The van der Waals surface area contributed by atoms with E-state index in [-0.39, 0.29) is 12.0 Å². The number of likely N-dealkylation sites (tertiary alicyclic amines) is 1. The second-order valence-corrected chi connectivity index (χ2v) is 5.39. The number of hydrogen-bond acceptors (Lipinski definition) is 3. The van der Waals surface area contributed by atoms with Gasteiger partial charge in [-0.3, -0.25) is 4.79 Å². The van der Waals surface area contributed by atoms with Gasteiger partial charge in [0.15, 0.2) is 0 Å². The number of methoxy groups -OCH3 is 1. The summed E-state index contributed by atoms with van der Waals surface area (Å²) in [6, 6.07) is 0.181. The Morgan fingerprint density at radius 3 is 2.59 bits per heavy atom. The van der Waals surface area contributed by atoms with Gasteiger partial charge in [-0.1, -0.05) is 19.3 Å². The summed E-state index contributed by atoms with van der Waals surface area (Å²) in [7, 11) is 7.87. The lowest BCUT2D eigenvalue weighted by molar-refractivity contribution is -0.146. The average molecular weight is 235 g/mol. The van der Waals surface area contributed by atoms with Crippen molar-refractivity contribution in [2.24, 2.45) is 0 Å². The van der Waals surface area contributed by atoms with Crippen LogP contribution in [0.15, 0.2) is 0 Å². The molecule has 4 heteroatoms. The summed E-state index contributed by atoms with van der Waals surface area (Å²) in [4.78, 5) is 14.4. The lowest BCUT2D eigenvalue weighted by Gasteiger charge is -2.40. The van der Waals surface area contributed by atoms with E-state index < -0.39 is 5.31 Å². The lowest BCUT2D eigenvalue weighted by atomic mass is 9.60. The molecule has 1 heterocycles. The van der Waals surface area contributed by atoms with Crippen LogP contribution in [0.4, 0.5) is 0 Å². The standard InChI is InChI=1S/C13H22BNO2/c1-17-12(16)13(14)8-4-2-3-7-11(13)15-9-5-6-10-15/h11H,2-10H2,1H3/t11-,13-/m0/s1. The Labute approximate surface area is 105 Å². The molecule has 3 nitrogen and oxygen atoms in total. The number of rotatable bonds is 2. The Morgan fingerprint density at radius 2 is 1.94 bits per heavy atom. The van der Waals surface area contributed by atoms with E-state index in [2.05, 4.69) is 4.90 Å².